The smallest absolute Gasteiger partial charge is 0.410 e. The second-order valence-corrected chi connectivity index (χ2v) is 5.37. The number of hydrogen-bond donors (Lipinski definition) is 2. The first kappa shape index (κ1) is 19.4. The van der Waals surface area contributed by atoms with Gasteiger partial charge in [0.1, 0.15) is 12.4 Å². The van der Waals surface area contributed by atoms with Gasteiger partial charge >= 0.3 is 12.1 Å². The lowest BCUT2D eigenvalue weighted by Gasteiger charge is -2.17. The highest BCUT2D eigenvalue weighted by atomic mass is 19.4. The molecule has 2 aromatic rings. The summed E-state index contributed by atoms with van der Waals surface area (Å²) < 4.78 is 37.6. The van der Waals surface area contributed by atoms with Crippen molar-refractivity contribution >= 4 is 28.8 Å². The molecule has 2 N–H and O–H groups in total. The lowest BCUT2D eigenvalue weighted by Crippen LogP contribution is -2.31. The van der Waals surface area contributed by atoms with Gasteiger partial charge in [0.25, 0.3) is 0 Å². The van der Waals surface area contributed by atoms with Gasteiger partial charge in [0.2, 0.25) is 0 Å². The Hall–Kier alpha value is -2.94. The maximum absolute atomic E-state index is 12.5. The number of nitrogens with zero attached hydrogens (tertiary/aromatic N) is 3. The highest BCUT2D eigenvalue weighted by molar-refractivity contribution is 6.16. The van der Waals surface area contributed by atoms with E-state index in [-0.39, 0.29) is 5.57 Å². The molecule has 1 unspecified atom stereocenters. The molecular formula is C17H17F3N4O2. The minimum absolute atomic E-state index is 0.127. The fraction of sp³-hybridized carbons (Fsp3) is 0.235. The van der Waals surface area contributed by atoms with E-state index in [2.05, 4.69) is 15.4 Å². The summed E-state index contributed by atoms with van der Waals surface area (Å²) in [7, 11) is 1.43. The molecule has 0 amide bonds. The first-order chi connectivity index (χ1) is 12.2. The molecule has 2 rings (SSSR count). The quantitative estimate of drug-likeness (QED) is 0.356. The molecule has 0 aliphatic heterocycles. The summed E-state index contributed by atoms with van der Waals surface area (Å²) in [6.07, 6.45) is -0.847. The zero-order valence-electron chi connectivity index (χ0n) is 14.0. The summed E-state index contributed by atoms with van der Waals surface area (Å²) in [5.41, 5.74) is 3.40. The molecule has 0 radical (unpaired) electrons. The second kappa shape index (κ2) is 7.96. The Kier molecular flexibility index (Phi) is 5.93. The van der Waals surface area contributed by atoms with Gasteiger partial charge < -0.3 is 5.11 Å². The van der Waals surface area contributed by atoms with Crippen molar-refractivity contribution < 1.29 is 23.1 Å². The number of hydrazine groups is 1. The number of carboxylic acid groups (broad SMARTS) is 1. The number of carboxylic acids is 1. The fourth-order valence-electron chi connectivity index (χ4n) is 2.04. The molecule has 0 fully saturated rings. The molecule has 26 heavy (non-hydrogen) atoms. The highest BCUT2D eigenvalue weighted by Gasteiger charge is 2.35. The molecule has 0 bridgehead atoms. The monoisotopic (exact) mass is 366 g/mol. The molecule has 0 aliphatic carbocycles. The van der Waals surface area contributed by atoms with E-state index >= 15 is 0 Å². The lowest BCUT2D eigenvalue weighted by molar-refractivity contribution is -0.142. The number of aliphatic carboxylic acids is 1. The van der Waals surface area contributed by atoms with Gasteiger partial charge in [-0.2, -0.15) is 13.2 Å². The van der Waals surface area contributed by atoms with E-state index in [1.165, 1.54) is 7.05 Å². The Morgan fingerprint density at radius 1 is 1.38 bits per heavy atom. The Bertz CT molecular complexity index is 849. The number of alkyl halides is 3. The standard InChI is InChI=1S/C17H17F3N4O2/c1-11(17(18,19)20)23-10-24(21-2)9-14(16(25)26)13-6-5-12-4-3-7-22-15(12)8-13/h3-11,21H,1-2H3,(H,25,26)/b14-9+,23-10?. The van der Waals surface area contributed by atoms with Gasteiger partial charge in [-0.05, 0) is 24.6 Å². The summed E-state index contributed by atoms with van der Waals surface area (Å²) in [6.45, 7) is 0.904. The van der Waals surface area contributed by atoms with Crippen LogP contribution in [0, 0.1) is 0 Å². The molecule has 0 aliphatic rings. The number of nitrogens with one attached hydrogen (secondary N) is 1. The number of aromatic nitrogens is 1. The maximum atomic E-state index is 12.5. The van der Waals surface area contributed by atoms with Gasteiger partial charge in [0, 0.05) is 24.8 Å². The van der Waals surface area contributed by atoms with Crippen LogP contribution in [0.25, 0.3) is 16.5 Å². The molecule has 138 valence electrons. The molecule has 1 atom stereocenters. The Balaban J connectivity index is 2.36. The van der Waals surface area contributed by atoms with Crippen molar-refractivity contribution in [2.75, 3.05) is 7.05 Å². The second-order valence-electron chi connectivity index (χ2n) is 5.37. The van der Waals surface area contributed by atoms with Crippen LogP contribution in [-0.2, 0) is 4.79 Å². The van der Waals surface area contributed by atoms with Crippen molar-refractivity contribution in [2.24, 2.45) is 4.99 Å². The third-order valence-corrected chi connectivity index (χ3v) is 3.56. The first-order valence-corrected chi connectivity index (χ1v) is 7.58. The average Bonchev–Trinajstić information content (AvgIpc) is 2.60. The van der Waals surface area contributed by atoms with Crippen molar-refractivity contribution in [3.8, 4) is 0 Å². The fourth-order valence-corrected chi connectivity index (χ4v) is 2.04. The molecule has 0 saturated heterocycles. The predicted molar refractivity (Wildman–Crippen MR) is 92.3 cm³/mol. The molecule has 1 heterocycles. The van der Waals surface area contributed by atoms with Crippen molar-refractivity contribution in [3.05, 3.63) is 48.3 Å². The first-order valence-electron chi connectivity index (χ1n) is 7.58. The molecule has 0 saturated carbocycles. The van der Waals surface area contributed by atoms with E-state index in [9.17, 15) is 23.1 Å². The van der Waals surface area contributed by atoms with Crippen LogP contribution in [0.3, 0.4) is 0 Å². The van der Waals surface area contributed by atoms with Crippen LogP contribution in [-0.4, -0.2) is 46.7 Å². The van der Waals surface area contributed by atoms with Crippen molar-refractivity contribution in [3.63, 3.8) is 0 Å². The van der Waals surface area contributed by atoms with Crippen LogP contribution in [0.15, 0.2) is 47.7 Å². The minimum Gasteiger partial charge on any atom is -0.478 e. The molecule has 1 aromatic heterocycles. The summed E-state index contributed by atoms with van der Waals surface area (Å²) in [4.78, 5) is 19.2. The van der Waals surface area contributed by atoms with Crippen molar-refractivity contribution in [1.29, 1.82) is 0 Å². The number of fused-ring (bicyclic) bond motifs is 1. The Labute approximate surface area is 147 Å². The van der Waals surface area contributed by atoms with Crippen LogP contribution in [0.2, 0.25) is 0 Å². The van der Waals surface area contributed by atoms with E-state index in [0.717, 1.165) is 29.9 Å². The van der Waals surface area contributed by atoms with Gasteiger partial charge in [0.15, 0.2) is 0 Å². The minimum atomic E-state index is -4.47. The van der Waals surface area contributed by atoms with Gasteiger partial charge in [-0.3, -0.25) is 15.0 Å². The van der Waals surface area contributed by atoms with Crippen LogP contribution < -0.4 is 5.43 Å². The molecule has 9 heteroatoms. The SMILES string of the molecule is CNN(C=NC(C)C(F)(F)F)/C=C(/C(=O)O)c1ccc2cccnc2c1. The Morgan fingerprint density at radius 2 is 2.12 bits per heavy atom. The lowest BCUT2D eigenvalue weighted by atomic mass is 10.0. The summed E-state index contributed by atoms with van der Waals surface area (Å²) in [6, 6.07) is 6.60. The average molecular weight is 366 g/mol. The van der Waals surface area contributed by atoms with Gasteiger partial charge in [-0.1, -0.05) is 18.2 Å². The van der Waals surface area contributed by atoms with Crippen molar-refractivity contribution in [2.45, 2.75) is 19.1 Å². The van der Waals surface area contributed by atoms with E-state index in [1.54, 1.807) is 30.5 Å². The normalized spacial score (nSPS) is 14.0. The van der Waals surface area contributed by atoms with Gasteiger partial charge in [-0.15, -0.1) is 0 Å². The Morgan fingerprint density at radius 3 is 2.73 bits per heavy atom. The number of hydrogen-bond acceptors (Lipinski definition) is 4. The number of carbonyl (C=O) groups is 1. The summed E-state index contributed by atoms with van der Waals surface area (Å²) in [5, 5.41) is 11.4. The van der Waals surface area contributed by atoms with Crippen LogP contribution in [0.4, 0.5) is 13.2 Å². The highest BCUT2D eigenvalue weighted by Crippen LogP contribution is 2.22. The zero-order chi connectivity index (χ0) is 19.3. The molecule has 0 spiro atoms. The molecular weight excluding hydrogens is 349 g/mol. The van der Waals surface area contributed by atoms with Gasteiger partial charge in [0.05, 0.1) is 11.1 Å². The van der Waals surface area contributed by atoms with E-state index in [0.29, 0.717) is 11.1 Å². The summed E-state index contributed by atoms with van der Waals surface area (Å²) >= 11 is 0. The predicted octanol–water partition coefficient (Wildman–Crippen LogP) is 3.08. The van der Waals surface area contributed by atoms with Crippen LogP contribution in [0.5, 0.6) is 0 Å². The number of benzene rings is 1. The summed E-state index contributed by atoms with van der Waals surface area (Å²) in [5.74, 6) is -1.24. The topological polar surface area (TPSA) is 77.8 Å². The number of halogens is 3. The zero-order valence-corrected chi connectivity index (χ0v) is 14.0. The number of rotatable bonds is 6. The third-order valence-electron chi connectivity index (χ3n) is 3.56. The maximum Gasteiger partial charge on any atom is 0.410 e. The number of aliphatic imine (C=N–C) groups is 1. The van der Waals surface area contributed by atoms with Gasteiger partial charge in [-0.25, -0.2) is 10.2 Å². The number of pyridine rings is 1. The van der Waals surface area contributed by atoms with Crippen LogP contribution in [0.1, 0.15) is 12.5 Å². The third kappa shape index (κ3) is 4.79. The van der Waals surface area contributed by atoms with Crippen LogP contribution >= 0.6 is 0 Å². The van der Waals surface area contributed by atoms with E-state index in [1.807, 2.05) is 6.07 Å². The molecule has 1 aromatic carbocycles. The van der Waals surface area contributed by atoms with E-state index < -0.39 is 18.2 Å². The molecule has 6 nitrogen and oxygen atoms in total. The van der Waals surface area contributed by atoms with Crippen molar-refractivity contribution in [1.82, 2.24) is 15.4 Å². The van der Waals surface area contributed by atoms with E-state index in [4.69, 9.17) is 0 Å². The largest absolute Gasteiger partial charge is 0.478 e.